The molecule has 6 aromatic carbocycles. The minimum absolute atomic E-state index is 0.614. The third kappa shape index (κ3) is 7.24. The molecule has 4 heteroatoms. The van der Waals surface area contributed by atoms with Crippen LogP contribution in [0, 0.1) is 0 Å². The number of rotatable bonds is 12. The second-order valence-electron chi connectivity index (χ2n) is 10.8. The maximum Gasteiger partial charge on any atom is 0.0244 e. The highest BCUT2D eigenvalue weighted by molar-refractivity contribution is 7.80. The van der Waals surface area contributed by atoms with E-state index in [1.807, 2.05) is 0 Å². The Morgan fingerprint density at radius 1 is 0.386 bits per heavy atom. The summed E-state index contributed by atoms with van der Waals surface area (Å²) in [5, 5.41) is 8.29. The number of hydrogen-bond acceptors (Lipinski definition) is 2. The Hall–Kier alpha value is -3.90. The average Bonchev–Trinajstić information content (AvgIpc) is 3.09. The van der Waals surface area contributed by atoms with Gasteiger partial charge < -0.3 is 5.73 Å². The predicted molar refractivity (Wildman–Crippen MR) is 193 cm³/mol. The molecular weight excluding hydrogens is 570 g/mol. The smallest absolute Gasteiger partial charge is 0.0244 e. The highest BCUT2D eigenvalue weighted by Crippen LogP contribution is 2.36. The van der Waals surface area contributed by atoms with E-state index in [0.29, 0.717) is 6.54 Å². The van der Waals surface area contributed by atoms with Crippen molar-refractivity contribution in [1.29, 1.82) is 0 Å². The molecular formula is C40H38N2P2. The van der Waals surface area contributed by atoms with Gasteiger partial charge in [-0.3, -0.25) is 4.90 Å². The van der Waals surface area contributed by atoms with Crippen LogP contribution in [0.1, 0.15) is 11.1 Å². The summed E-state index contributed by atoms with van der Waals surface area (Å²) < 4.78 is 0. The highest BCUT2D eigenvalue weighted by atomic mass is 31.1. The fourth-order valence-electron chi connectivity index (χ4n) is 5.77. The van der Waals surface area contributed by atoms with Crippen LogP contribution in [0.4, 0.5) is 0 Å². The summed E-state index contributed by atoms with van der Waals surface area (Å²) in [4.78, 5) is 2.53. The first kappa shape index (κ1) is 30.1. The van der Waals surface area contributed by atoms with Crippen molar-refractivity contribution in [3.63, 3.8) is 0 Å². The third-order valence-electron chi connectivity index (χ3n) is 7.76. The molecule has 0 radical (unpaired) electrons. The Morgan fingerprint density at radius 3 is 1.00 bits per heavy atom. The SMILES string of the molecule is NCCN(Cc1ccccc1P(c1ccccc1)c1ccccc1)Cc1ccccc1P(c1ccccc1)c1ccccc1. The summed E-state index contributed by atoms with van der Waals surface area (Å²) in [6.45, 7) is 3.12. The van der Waals surface area contributed by atoms with Crippen molar-refractivity contribution in [2.45, 2.75) is 13.1 Å². The van der Waals surface area contributed by atoms with E-state index in [0.717, 1.165) is 19.6 Å². The molecule has 0 fully saturated rings. The topological polar surface area (TPSA) is 29.3 Å². The van der Waals surface area contributed by atoms with E-state index < -0.39 is 15.8 Å². The lowest BCUT2D eigenvalue weighted by atomic mass is 10.1. The van der Waals surface area contributed by atoms with Gasteiger partial charge in [0.05, 0.1) is 0 Å². The quantitative estimate of drug-likeness (QED) is 0.169. The van der Waals surface area contributed by atoms with Crippen LogP contribution < -0.4 is 37.6 Å². The van der Waals surface area contributed by atoms with E-state index in [4.69, 9.17) is 5.73 Å². The molecule has 0 aliphatic rings. The van der Waals surface area contributed by atoms with Gasteiger partial charge in [0, 0.05) is 26.2 Å². The Labute approximate surface area is 264 Å². The van der Waals surface area contributed by atoms with Crippen molar-refractivity contribution in [3.05, 3.63) is 181 Å². The van der Waals surface area contributed by atoms with Gasteiger partial charge >= 0.3 is 0 Å². The Morgan fingerprint density at radius 2 is 0.682 bits per heavy atom. The van der Waals surface area contributed by atoms with Gasteiger partial charge in [-0.25, -0.2) is 0 Å². The van der Waals surface area contributed by atoms with Crippen LogP contribution in [0.2, 0.25) is 0 Å². The molecule has 44 heavy (non-hydrogen) atoms. The van der Waals surface area contributed by atoms with Gasteiger partial charge in [-0.05, 0) is 58.8 Å². The Balaban J connectivity index is 1.37. The zero-order valence-corrected chi connectivity index (χ0v) is 26.7. The molecule has 0 unspecified atom stereocenters. The summed E-state index contributed by atoms with van der Waals surface area (Å²) in [5.74, 6) is 0. The first-order chi connectivity index (χ1) is 21.8. The maximum absolute atomic E-state index is 6.26. The maximum atomic E-state index is 6.26. The van der Waals surface area contributed by atoms with Crippen molar-refractivity contribution in [1.82, 2.24) is 4.90 Å². The Kier molecular flexibility index (Phi) is 10.4. The first-order valence-corrected chi connectivity index (χ1v) is 17.9. The minimum atomic E-state index is -0.698. The molecule has 2 N–H and O–H groups in total. The van der Waals surface area contributed by atoms with Crippen molar-refractivity contribution < 1.29 is 0 Å². The fourth-order valence-corrected chi connectivity index (χ4v) is 10.7. The molecule has 0 atom stereocenters. The zero-order valence-electron chi connectivity index (χ0n) is 24.9. The zero-order chi connectivity index (χ0) is 30.0. The second kappa shape index (κ2) is 15.2. The van der Waals surface area contributed by atoms with E-state index in [1.165, 1.54) is 43.0 Å². The second-order valence-corrected chi connectivity index (χ2v) is 15.1. The molecule has 0 heterocycles. The number of hydrogen-bond donors (Lipinski definition) is 1. The molecule has 0 saturated heterocycles. The molecule has 0 spiro atoms. The number of nitrogens with zero attached hydrogens (tertiary/aromatic N) is 1. The van der Waals surface area contributed by atoms with Crippen LogP contribution in [-0.4, -0.2) is 18.0 Å². The van der Waals surface area contributed by atoms with Crippen molar-refractivity contribution in [2.24, 2.45) is 5.73 Å². The molecule has 0 bridgehead atoms. The summed E-state index contributed by atoms with van der Waals surface area (Å²) >= 11 is 0. The largest absolute Gasteiger partial charge is 0.329 e. The molecule has 0 aliphatic carbocycles. The van der Waals surface area contributed by atoms with E-state index in [1.54, 1.807) is 0 Å². The molecule has 6 rings (SSSR count). The minimum Gasteiger partial charge on any atom is -0.329 e. The van der Waals surface area contributed by atoms with Gasteiger partial charge in [0.15, 0.2) is 0 Å². The van der Waals surface area contributed by atoms with Gasteiger partial charge in [0.25, 0.3) is 0 Å². The highest BCUT2D eigenvalue weighted by Gasteiger charge is 2.23. The molecule has 0 aliphatic heterocycles. The normalized spacial score (nSPS) is 11.4. The third-order valence-corrected chi connectivity index (χ3v) is 12.9. The van der Waals surface area contributed by atoms with Gasteiger partial charge in [-0.1, -0.05) is 170 Å². The Bertz CT molecular complexity index is 1520. The van der Waals surface area contributed by atoms with Gasteiger partial charge in [0.1, 0.15) is 0 Å². The van der Waals surface area contributed by atoms with Crippen molar-refractivity contribution in [2.75, 3.05) is 13.1 Å². The molecule has 2 nitrogen and oxygen atoms in total. The van der Waals surface area contributed by atoms with Crippen molar-refractivity contribution >= 4 is 47.7 Å². The van der Waals surface area contributed by atoms with E-state index in [9.17, 15) is 0 Å². The average molecular weight is 609 g/mol. The van der Waals surface area contributed by atoms with Gasteiger partial charge in [-0.2, -0.15) is 0 Å². The van der Waals surface area contributed by atoms with Crippen LogP contribution in [0.5, 0.6) is 0 Å². The lowest BCUT2D eigenvalue weighted by molar-refractivity contribution is 0.266. The summed E-state index contributed by atoms with van der Waals surface area (Å²) in [6.07, 6.45) is 0. The first-order valence-electron chi connectivity index (χ1n) is 15.2. The monoisotopic (exact) mass is 608 g/mol. The van der Waals surface area contributed by atoms with Gasteiger partial charge in [-0.15, -0.1) is 0 Å². The molecule has 218 valence electrons. The summed E-state index contributed by atoms with van der Waals surface area (Å²) in [5.41, 5.74) is 9.00. The number of nitrogens with two attached hydrogens (primary N) is 1. The summed E-state index contributed by atoms with van der Waals surface area (Å²) in [7, 11) is -1.40. The van der Waals surface area contributed by atoms with E-state index in [-0.39, 0.29) is 0 Å². The molecule has 0 saturated carbocycles. The lowest BCUT2D eigenvalue weighted by Gasteiger charge is -2.28. The molecule has 0 amide bonds. The predicted octanol–water partition coefficient (Wildman–Crippen LogP) is 6.16. The fraction of sp³-hybridized carbons (Fsp3) is 0.100. The van der Waals surface area contributed by atoms with Crippen LogP contribution in [-0.2, 0) is 13.1 Å². The van der Waals surface area contributed by atoms with Crippen molar-refractivity contribution in [3.8, 4) is 0 Å². The summed E-state index contributed by atoms with van der Waals surface area (Å²) in [6, 6.07) is 61.9. The lowest BCUT2D eigenvalue weighted by Crippen LogP contribution is -2.34. The van der Waals surface area contributed by atoms with E-state index in [2.05, 4.69) is 175 Å². The standard InChI is InChI=1S/C40H38N2P2/c41-29-30-42(31-33-17-13-15-27-39(33)43(35-19-5-1-6-20-35)36-21-7-2-8-22-36)32-34-18-14-16-28-40(34)44(37-23-9-3-10-24-37)38-25-11-4-12-26-38/h1-28H,29-32,41H2. The number of benzene rings is 6. The van der Waals surface area contributed by atoms with Crippen LogP contribution in [0.15, 0.2) is 170 Å². The molecule has 6 aromatic rings. The molecule has 0 aromatic heterocycles. The van der Waals surface area contributed by atoms with Crippen LogP contribution in [0.25, 0.3) is 0 Å². The van der Waals surface area contributed by atoms with Gasteiger partial charge in [0.2, 0.25) is 0 Å². The van der Waals surface area contributed by atoms with Crippen LogP contribution in [0.3, 0.4) is 0 Å². The van der Waals surface area contributed by atoms with E-state index >= 15 is 0 Å². The van der Waals surface area contributed by atoms with Crippen LogP contribution >= 0.6 is 15.8 Å².